The van der Waals surface area contributed by atoms with Crippen LogP contribution in [-0.2, 0) is 0 Å². The standard InChI is InChI=1S/C17H16N8O2/c1-26-8-3-4-9(11(5-8)27-2)14-12-13(20)10(6-18)15(21)24-16(12)25-17(23-14)22-7-19/h3-5,14H,1-2H3,(H6,20,21,22,23,24,25). The molecular weight excluding hydrogens is 348 g/mol. The lowest BCUT2D eigenvalue weighted by Crippen LogP contribution is -2.32. The molecule has 27 heavy (non-hydrogen) atoms. The van der Waals surface area contributed by atoms with Crippen LogP contribution in [0, 0.1) is 22.8 Å². The Kier molecular flexibility index (Phi) is 4.56. The Balaban J connectivity index is 2.27. The Morgan fingerprint density at radius 2 is 2.00 bits per heavy atom. The van der Waals surface area contributed by atoms with Gasteiger partial charge in [0.25, 0.3) is 0 Å². The molecule has 6 N–H and O–H groups in total. The van der Waals surface area contributed by atoms with Crippen molar-refractivity contribution in [2.24, 2.45) is 4.99 Å². The first-order valence-corrected chi connectivity index (χ1v) is 7.74. The van der Waals surface area contributed by atoms with E-state index in [0.29, 0.717) is 28.4 Å². The smallest absolute Gasteiger partial charge is 0.211 e. The van der Waals surface area contributed by atoms with E-state index in [1.807, 2.05) is 6.07 Å². The molecule has 0 aliphatic carbocycles. The number of nitrogens with one attached hydrogen (secondary N) is 2. The van der Waals surface area contributed by atoms with E-state index in [0.717, 1.165) is 0 Å². The quantitative estimate of drug-likeness (QED) is 0.460. The third-order valence-corrected chi connectivity index (χ3v) is 4.09. The van der Waals surface area contributed by atoms with E-state index in [-0.39, 0.29) is 23.0 Å². The van der Waals surface area contributed by atoms with Crippen LogP contribution in [0.15, 0.2) is 23.2 Å². The summed E-state index contributed by atoms with van der Waals surface area (Å²) in [7, 11) is 3.06. The number of guanidine groups is 1. The van der Waals surface area contributed by atoms with Gasteiger partial charge in [-0.3, -0.25) is 5.32 Å². The summed E-state index contributed by atoms with van der Waals surface area (Å²) < 4.78 is 10.7. The number of hydrogen-bond acceptors (Lipinski definition) is 10. The minimum absolute atomic E-state index is 0.0140. The number of nitriles is 2. The second kappa shape index (κ2) is 6.98. The third-order valence-electron chi connectivity index (χ3n) is 4.09. The van der Waals surface area contributed by atoms with Gasteiger partial charge in [0.1, 0.15) is 40.8 Å². The average Bonchev–Trinajstić information content (AvgIpc) is 2.67. The molecule has 136 valence electrons. The molecule has 0 fully saturated rings. The van der Waals surface area contributed by atoms with Gasteiger partial charge < -0.3 is 26.3 Å². The van der Waals surface area contributed by atoms with Crippen molar-refractivity contribution in [2.75, 3.05) is 31.0 Å². The predicted octanol–water partition coefficient (Wildman–Crippen LogP) is 1.08. The maximum atomic E-state index is 9.36. The van der Waals surface area contributed by atoms with Gasteiger partial charge in [-0.15, -0.1) is 0 Å². The van der Waals surface area contributed by atoms with E-state index >= 15 is 0 Å². The highest BCUT2D eigenvalue weighted by Gasteiger charge is 2.31. The first-order valence-electron chi connectivity index (χ1n) is 7.74. The van der Waals surface area contributed by atoms with Crippen LogP contribution in [0.1, 0.15) is 22.7 Å². The van der Waals surface area contributed by atoms with Crippen molar-refractivity contribution in [3.63, 3.8) is 0 Å². The average molecular weight is 364 g/mol. The van der Waals surface area contributed by atoms with Gasteiger partial charge in [0, 0.05) is 17.2 Å². The van der Waals surface area contributed by atoms with Gasteiger partial charge in [-0.1, -0.05) is 0 Å². The van der Waals surface area contributed by atoms with Crippen molar-refractivity contribution in [1.82, 2.24) is 10.3 Å². The number of ether oxygens (including phenoxy) is 2. The largest absolute Gasteiger partial charge is 0.497 e. The maximum absolute atomic E-state index is 9.36. The fourth-order valence-electron chi connectivity index (χ4n) is 2.85. The Bertz CT molecular complexity index is 1020. The zero-order chi connectivity index (χ0) is 19.6. The lowest BCUT2D eigenvalue weighted by Gasteiger charge is -2.27. The molecule has 2 heterocycles. The fraction of sp³-hybridized carbons (Fsp3) is 0.176. The van der Waals surface area contributed by atoms with Crippen molar-refractivity contribution in [2.45, 2.75) is 6.04 Å². The van der Waals surface area contributed by atoms with Crippen LogP contribution in [0.25, 0.3) is 0 Å². The number of benzene rings is 1. The molecule has 1 unspecified atom stereocenters. The Labute approximate surface area is 155 Å². The minimum atomic E-state index is -0.682. The topological polar surface area (TPSA) is 167 Å². The number of nitrogens with two attached hydrogens (primary N) is 2. The summed E-state index contributed by atoms with van der Waals surface area (Å²) in [6.07, 6.45) is 1.80. The molecule has 2 aromatic rings. The molecule has 1 aromatic carbocycles. The summed E-state index contributed by atoms with van der Waals surface area (Å²) in [4.78, 5) is 8.71. The molecule has 1 aliphatic heterocycles. The molecule has 0 amide bonds. The first-order chi connectivity index (χ1) is 13.0. The molecule has 10 nitrogen and oxygen atoms in total. The second-order valence-corrected chi connectivity index (χ2v) is 5.51. The number of aromatic nitrogens is 1. The minimum Gasteiger partial charge on any atom is -0.497 e. The molecule has 3 rings (SSSR count). The number of anilines is 3. The Hall–Kier alpha value is -4.18. The maximum Gasteiger partial charge on any atom is 0.211 e. The van der Waals surface area contributed by atoms with Gasteiger partial charge in [0.2, 0.25) is 5.96 Å². The molecule has 1 atom stereocenters. The number of fused-ring (bicyclic) bond motifs is 1. The van der Waals surface area contributed by atoms with Gasteiger partial charge in [-0.05, 0) is 12.1 Å². The number of aliphatic imine (C=N–C) groups is 1. The van der Waals surface area contributed by atoms with Crippen LogP contribution in [0.5, 0.6) is 11.5 Å². The van der Waals surface area contributed by atoms with Crippen molar-refractivity contribution in [3.05, 3.63) is 34.9 Å². The number of methoxy groups -OCH3 is 2. The van der Waals surface area contributed by atoms with E-state index in [1.54, 1.807) is 31.5 Å². The van der Waals surface area contributed by atoms with Crippen LogP contribution in [-0.4, -0.2) is 25.2 Å². The summed E-state index contributed by atoms with van der Waals surface area (Å²) in [5.41, 5.74) is 13.4. The summed E-state index contributed by atoms with van der Waals surface area (Å²) in [5.74, 6) is 1.57. The van der Waals surface area contributed by atoms with Gasteiger partial charge in [-0.2, -0.15) is 10.5 Å². The van der Waals surface area contributed by atoms with E-state index < -0.39 is 6.04 Å². The molecule has 0 saturated carbocycles. The van der Waals surface area contributed by atoms with Crippen LogP contribution in [0.2, 0.25) is 0 Å². The van der Waals surface area contributed by atoms with E-state index in [9.17, 15) is 5.26 Å². The van der Waals surface area contributed by atoms with Crippen molar-refractivity contribution in [3.8, 4) is 23.8 Å². The summed E-state index contributed by atoms with van der Waals surface area (Å²) in [5, 5.41) is 23.6. The number of hydrogen-bond donors (Lipinski definition) is 4. The monoisotopic (exact) mass is 364 g/mol. The Morgan fingerprint density at radius 3 is 2.63 bits per heavy atom. The third kappa shape index (κ3) is 2.96. The van der Waals surface area contributed by atoms with E-state index in [2.05, 4.69) is 20.6 Å². The SMILES string of the molecule is COc1ccc(C2N=C(NC#N)Nc3nc(N)c(C#N)c(N)c32)c(OC)c1. The highest BCUT2D eigenvalue weighted by Crippen LogP contribution is 2.43. The number of pyridine rings is 1. The second-order valence-electron chi connectivity index (χ2n) is 5.51. The van der Waals surface area contributed by atoms with Crippen molar-refractivity contribution in [1.29, 1.82) is 10.5 Å². The van der Waals surface area contributed by atoms with Crippen LogP contribution in [0.3, 0.4) is 0 Å². The van der Waals surface area contributed by atoms with Crippen molar-refractivity contribution >= 4 is 23.3 Å². The molecule has 0 bridgehead atoms. The highest BCUT2D eigenvalue weighted by atomic mass is 16.5. The number of rotatable bonds is 3. The van der Waals surface area contributed by atoms with Crippen LogP contribution >= 0.6 is 0 Å². The summed E-state index contributed by atoms with van der Waals surface area (Å²) in [6, 6.07) is 6.50. The zero-order valence-corrected chi connectivity index (χ0v) is 14.6. The zero-order valence-electron chi connectivity index (χ0n) is 14.6. The molecule has 0 radical (unpaired) electrons. The molecule has 0 saturated heterocycles. The van der Waals surface area contributed by atoms with Gasteiger partial charge in [0.15, 0.2) is 6.19 Å². The molecule has 10 heteroatoms. The van der Waals surface area contributed by atoms with Crippen LogP contribution < -0.4 is 31.6 Å². The lowest BCUT2D eigenvalue weighted by atomic mass is 9.94. The molecule has 0 spiro atoms. The van der Waals surface area contributed by atoms with Crippen LogP contribution in [0.4, 0.5) is 17.3 Å². The number of nitrogen functional groups attached to an aromatic ring is 2. The van der Waals surface area contributed by atoms with E-state index in [1.165, 1.54) is 7.11 Å². The summed E-state index contributed by atoms with van der Waals surface area (Å²) in [6.45, 7) is 0. The molecule has 1 aliphatic rings. The van der Waals surface area contributed by atoms with Crippen molar-refractivity contribution < 1.29 is 9.47 Å². The lowest BCUT2D eigenvalue weighted by molar-refractivity contribution is 0.390. The van der Waals surface area contributed by atoms with Gasteiger partial charge >= 0.3 is 0 Å². The van der Waals surface area contributed by atoms with E-state index in [4.69, 9.17) is 26.2 Å². The predicted molar refractivity (Wildman–Crippen MR) is 99.0 cm³/mol. The highest BCUT2D eigenvalue weighted by molar-refractivity contribution is 5.98. The van der Waals surface area contributed by atoms with Gasteiger partial charge in [0.05, 0.1) is 19.9 Å². The normalized spacial score (nSPS) is 14.7. The molecule has 1 aromatic heterocycles. The van der Waals surface area contributed by atoms with Gasteiger partial charge in [-0.25, -0.2) is 9.98 Å². The fourth-order valence-corrected chi connectivity index (χ4v) is 2.85. The summed E-state index contributed by atoms with van der Waals surface area (Å²) >= 11 is 0. The number of nitrogens with zero attached hydrogens (tertiary/aromatic N) is 4. The Morgan fingerprint density at radius 1 is 1.22 bits per heavy atom. The molecular formula is C17H16N8O2. The first kappa shape index (κ1) is 17.6.